The minimum absolute atomic E-state index is 0.194. The van der Waals surface area contributed by atoms with Gasteiger partial charge in [0.25, 0.3) is 0 Å². The number of carbonyl (C=O) groups excluding carboxylic acids is 2. The van der Waals surface area contributed by atoms with E-state index in [1.165, 1.54) is 11.4 Å². The van der Waals surface area contributed by atoms with Crippen molar-refractivity contribution >= 4 is 51.5 Å². The number of hydrogen-bond acceptors (Lipinski definition) is 6. The second-order valence-corrected chi connectivity index (χ2v) is 6.66. The molecule has 0 heterocycles. The third-order valence-electron chi connectivity index (χ3n) is 1.85. The zero-order chi connectivity index (χ0) is 13.8. The summed E-state index contributed by atoms with van der Waals surface area (Å²) in [6, 6.07) is -0.585. The summed E-state index contributed by atoms with van der Waals surface area (Å²) < 4.78 is 4.90. The molecule has 0 saturated carbocycles. The quantitative estimate of drug-likeness (QED) is 0.349. The molecule has 3 unspecified atom stereocenters. The Balaban J connectivity index is 3.99. The minimum atomic E-state index is -0.585. The fourth-order valence-corrected chi connectivity index (χ4v) is 2.69. The smallest absolute Gasteiger partial charge is 0.329 e. The van der Waals surface area contributed by atoms with Gasteiger partial charge in [0, 0.05) is 18.1 Å². The van der Waals surface area contributed by atoms with E-state index in [-0.39, 0.29) is 18.4 Å². The van der Waals surface area contributed by atoms with Gasteiger partial charge in [-0.2, -0.15) is 0 Å². The van der Waals surface area contributed by atoms with Crippen molar-refractivity contribution in [3.63, 3.8) is 0 Å². The number of esters is 1. The topological polar surface area (TPSA) is 67.4 Å². The molecule has 0 spiro atoms. The zero-order valence-electron chi connectivity index (χ0n) is 10.3. The van der Waals surface area contributed by atoms with Gasteiger partial charge in [0.1, 0.15) is 6.04 Å². The van der Waals surface area contributed by atoms with E-state index in [0.29, 0.717) is 12.4 Å². The molecule has 0 fully saturated rings. The van der Waals surface area contributed by atoms with Crippen LogP contribution in [0.4, 0.5) is 0 Å². The SMILES string of the molecule is CCOC(=O)C(CSP)NC(=O)CNCCSP. The van der Waals surface area contributed by atoms with Crippen LogP contribution in [0, 0.1) is 0 Å². The summed E-state index contributed by atoms with van der Waals surface area (Å²) in [5, 5.41) is 5.65. The largest absolute Gasteiger partial charge is 0.464 e. The van der Waals surface area contributed by atoms with Gasteiger partial charge in [0.2, 0.25) is 5.91 Å². The van der Waals surface area contributed by atoms with Gasteiger partial charge in [-0.1, -0.05) is 16.9 Å². The van der Waals surface area contributed by atoms with Crippen LogP contribution in [0.2, 0.25) is 0 Å². The molecule has 0 bridgehead atoms. The maximum Gasteiger partial charge on any atom is 0.329 e. The molecule has 0 saturated heterocycles. The molecule has 0 aliphatic carbocycles. The van der Waals surface area contributed by atoms with Gasteiger partial charge >= 0.3 is 5.97 Å². The van der Waals surface area contributed by atoms with Crippen LogP contribution in [0.3, 0.4) is 0 Å². The molecule has 0 aromatic heterocycles. The summed E-state index contributed by atoms with van der Waals surface area (Å²) >= 11 is 3.04. The summed E-state index contributed by atoms with van der Waals surface area (Å²) in [7, 11) is 5.00. The molecule has 9 heteroatoms. The van der Waals surface area contributed by atoms with E-state index >= 15 is 0 Å². The van der Waals surface area contributed by atoms with Gasteiger partial charge in [0.05, 0.1) is 13.2 Å². The first-order valence-electron chi connectivity index (χ1n) is 5.45. The molecule has 106 valence electrons. The van der Waals surface area contributed by atoms with Crippen molar-refractivity contribution in [1.29, 1.82) is 0 Å². The molecule has 1 amide bonds. The molecule has 0 aliphatic rings. The predicted octanol–water partition coefficient (Wildman–Crippen LogP) is 0.670. The lowest BCUT2D eigenvalue weighted by atomic mass is 10.3. The Hall–Kier alpha value is 0.460. The number of rotatable bonds is 10. The average Bonchev–Trinajstić information content (AvgIpc) is 2.34. The van der Waals surface area contributed by atoms with Crippen LogP contribution in [0.25, 0.3) is 0 Å². The highest BCUT2D eigenvalue weighted by molar-refractivity contribution is 8.44. The summed E-state index contributed by atoms with van der Waals surface area (Å²) in [5.74, 6) is 0.819. The van der Waals surface area contributed by atoms with E-state index in [2.05, 4.69) is 27.5 Å². The molecular weight excluding hydrogens is 310 g/mol. The number of hydrogen-bond donors (Lipinski definition) is 2. The van der Waals surface area contributed by atoms with Gasteiger partial charge in [-0.15, -0.1) is 22.8 Å². The van der Waals surface area contributed by atoms with Crippen molar-refractivity contribution in [3.8, 4) is 0 Å². The van der Waals surface area contributed by atoms with Crippen molar-refractivity contribution in [1.82, 2.24) is 10.6 Å². The summed E-state index contributed by atoms with van der Waals surface area (Å²) in [5.41, 5.74) is 0. The number of carbonyl (C=O) groups is 2. The van der Waals surface area contributed by atoms with Crippen molar-refractivity contribution in [2.45, 2.75) is 13.0 Å². The first-order chi connectivity index (χ1) is 8.65. The maximum absolute atomic E-state index is 11.6. The average molecular weight is 330 g/mol. The van der Waals surface area contributed by atoms with E-state index < -0.39 is 6.04 Å². The van der Waals surface area contributed by atoms with E-state index in [0.717, 1.165) is 12.3 Å². The lowest BCUT2D eigenvalue weighted by molar-refractivity contribution is -0.146. The monoisotopic (exact) mass is 330 g/mol. The van der Waals surface area contributed by atoms with E-state index in [1.807, 2.05) is 0 Å². The van der Waals surface area contributed by atoms with Gasteiger partial charge in [-0.3, -0.25) is 4.79 Å². The Morgan fingerprint density at radius 1 is 1.33 bits per heavy atom. The van der Waals surface area contributed by atoms with Crippen LogP contribution in [-0.2, 0) is 14.3 Å². The number of nitrogens with one attached hydrogen (secondary N) is 2. The van der Waals surface area contributed by atoms with Crippen LogP contribution in [0.5, 0.6) is 0 Å². The minimum Gasteiger partial charge on any atom is -0.464 e. The van der Waals surface area contributed by atoms with Crippen molar-refractivity contribution in [2.24, 2.45) is 0 Å². The van der Waals surface area contributed by atoms with Crippen LogP contribution < -0.4 is 10.6 Å². The Labute approximate surface area is 121 Å². The molecule has 0 radical (unpaired) electrons. The first kappa shape index (κ1) is 18.5. The summed E-state index contributed by atoms with van der Waals surface area (Å²) in [6.07, 6.45) is 0. The normalized spacial score (nSPS) is 11.9. The van der Waals surface area contributed by atoms with Crippen LogP contribution >= 0.6 is 39.6 Å². The number of ether oxygens (including phenoxy) is 1. The highest BCUT2D eigenvalue weighted by Crippen LogP contribution is 2.12. The lowest BCUT2D eigenvalue weighted by Crippen LogP contribution is -2.46. The van der Waals surface area contributed by atoms with Crippen molar-refractivity contribution < 1.29 is 14.3 Å². The number of amides is 1. The molecule has 0 aliphatic heterocycles. The fraction of sp³-hybridized carbons (Fsp3) is 0.778. The zero-order valence-corrected chi connectivity index (χ0v) is 14.3. The Morgan fingerprint density at radius 3 is 2.61 bits per heavy atom. The molecule has 5 nitrogen and oxygen atoms in total. The summed E-state index contributed by atoms with van der Waals surface area (Å²) in [4.78, 5) is 23.1. The Bertz CT molecular complexity index is 260. The van der Waals surface area contributed by atoms with Crippen LogP contribution in [0.1, 0.15) is 6.92 Å². The van der Waals surface area contributed by atoms with Crippen molar-refractivity contribution in [3.05, 3.63) is 0 Å². The molecular formula is C9H20N2O3P2S2. The van der Waals surface area contributed by atoms with E-state index in [4.69, 9.17) is 4.74 Å². The molecule has 0 aromatic rings. The van der Waals surface area contributed by atoms with Crippen LogP contribution in [0.15, 0.2) is 0 Å². The van der Waals surface area contributed by atoms with Gasteiger partial charge in [0.15, 0.2) is 0 Å². The van der Waals surface area contributed by atoms with Gasteiger partial charge in [-0.05, 0) is 6.92 Å². The van der Waals surface area contributed by atoms with Crippen LogP contribution in [-0.4, -0.2) is 49.1 Å². The highest BCUT2D eigenvalue weighted by atomic mass is 32.7. The molecule has 18 heavy (non-hydrogen) atoms. The third kappa shape index (κ3) is 9.40. The molecule has 3 atom stereocenters. The maximum atomic E-state index is 11.6. The molecule has 2 N–H and O–H groups in total. The van der Waals surface area contributed by atoms with E-state index in [1.54, 1.807) is 18.3 Å². The first-order valence-corrected chi connectivity index (χ1v) is 10.4. The second kappa shape index (κ2) is 12.5. The molecule has 0 aromatic carbocycles. The Morgan fingerprint density at radius 2 is 2.06 bits per heavy atom. The van der Waals surface area contributed by atoms with Gasteiger partial charge < -0.3 is 15.4 Å². The second-order valence-electron chi connectivity index (χ2n) is 3.25. The van der Waals surface area contributed by atoms with Crippen molar-refractivity contribution in [2.75, 3.05) is 31.2 Å². The third-order valence-corrected chi connectivity index (χ3v) is 4.10. The lowest BCUT2D eigenvalue weighted by Gasteiger charge is -2.16. The van der Waals surface area contributed by atoms with E-state index in [9.17, 15) is 9.59 Å². The highest BCUT2D eigenvalue weighted by Gasteiger charge is 2.21. The summed E-state index contributed by atoms with van der Waals surface area (Å²) in [6.45, 7) is 3.02. The fourth-order valence-electron chi connectivity index (χ4n) is 1.09. The predicted molar refractivity (Wildman–Crippen MR) is 85.8 cm³/mol. The molecule has 0 rings (SSSR count). The standard InChI is InChI=1S/C9H20N2O3P2S2/c1-2-14-9(13)7(6-18-16)11-8(12)5-10-3-4-17-15/h7,10H,2-6,15-16H2,1H3,(H,11,12). The van der Waals surface area contributed by atoms with Gasteiger partial charge in [-0.25, -0.2) is 4.79 Å². The Kier molecular flexibility index (Phi) is 12.8.